The van der Waals surface area contributed by atoms with Crippen molar-refractivity contribution in [3.8, 4) is 16.5 Å². The van der Waals surface area contributed by atoms with Crippen molar-refractivity contribution in [1.82, 2.24) is 4.90 Å². The molecule has 0 saturated carbocycles. The fourth-order valence-electron chi connectivity index (χ4n) is 4.65. The first-order chi connectivity index (χ1) is 16.0. The Bertz CT molecular complexity index is 1340. The molecule has 0 saturated heterocycles. The Labute approximate surface area is 197 Å². The molecule has 5 heteroatoms. The van der Waals surface area contributed by atoms with E-state index >= 15 is 0 Å². The monoisotopic (exact) mass is 456 g/mol. The maximum Gasteiger partial charge on any atom is 0.123 e. The van der Waals surface area contributed by atoms with Crippen LogP contribution in [0.15, 0.2) is 66.7 Å². The molecule has 0 amide bonds. The van der Waals surface area contributed by atoms with Crippen LogP contribution in [-0.2, 0) is 17.8 Å². The zero-order valence-corrected chi connectivity index (χ0v) is 19.5. The van der Waals surface area contributed by atoms with E-state index in [4.69, 9.17) is 4.74 Å². The van der Waals surface area contributed by atoms with E-state index in [1.54, 1.807) is 11.3 Å². The van der Waals surface area contributed by atoms with Gasteiger partial charge in [0.1, 0.15) is 5.82 Å². The van der Waals surface area contributed by atoms with Crippen LogP contribution in [0.5, 0.6) is 0 Å². The van der Waals surface area contributed by atoms with Crippen LogP contribution < -0.4 is 0 Å². The number of rotatable bonds is 6. The Balaban J connectivity index is 1.38. The molecule has 5 rings (SSSR count). The standard InChI is InChI=1S/C28H25FN2OS/c1-31(2)25(11-5-18-3-8-23(29)9-4-18)28-24-10-7-20(14-22(24)17-32-28)27-15-21-13-19(16-30)6-12-26(21)33-27/h3-4,6-10,12-15,25,28H,5,11,17H2,1-2H3. The van der Waals surface area contributed by atoms with E-state index in [2.05, 4.69) is 49.3 Å². The number of likely N-dealkylation sites (N-methyl/N-ethyl adjacent to an activating group) is 1. The number of hydrogen-bond acceptors (Lipinski definition) is 4. The van der Waals surface area contributed by atoms with Crippen LogP contribution in [0, 0.1) is 17.1 Å². The highest BCUT2D eigenvalue weighted by molar-refractivity contribution is 7.22. The molecule has 0 spiro atoms. The first kappa shape index (κ1) is 21.8. The van der Waals surface area contributed by atoms with Gasteiger partial charge in [-0.15, -0.1) is 11.3 Å². The van der Waals surface area contributed by atoms with Gasteiger partial charge >= 0.3 is 0 Å². The zero-order chi connectivity index (χ0) is 22.9. The number of nitriles is 1. The highest BCUT2D eigenvalue weighted by Crippen LogP contribution is 2.40. The minimum atomic E-state index is -0.198. The maximum atomic E-state index is 13.2. The Kier molecular flexibility index (Phi) is 5.99. The molecule has 2 heterocycles. The molecule has 0 bridgehead atoms. The molecule has 1 aliphatic heterocycles. The van der Waals surface area contributed by atoms with Crippen LogP contribution in [0.2, 0.25) is 0 Å². The second-order valence-corrected chi connectivity index (χ2v) is 9.90. The van der Waals surface area contributed by atoms with E-state index in [1.807, 2.05) is 30.3 Å². The van der Waals surface area contributed by atoms with Crippen molar-refractivity contribution in [3.63, 3.8) is 0 Å². The molecule has 1 aliphatic rings. The van der Waals surface area contributed by atoms with Gasteiger partial charge in [0.15, 0.2) is 0 Å². The van der Waals surface area contributed by atoms with Gasteiger partial charge in [0.05, 0.1) is 24.3 Å². The molecular weight excluding hydrogens is 431 g/mol. The summed E-state index contributed by atoms with van der Waals surface area (Å²) in [6, 6.07) is 23.9. The highest BCUT2D eigenvalue weighted by atomic mass is 32.1. The summed E-state index contributed by atoms with van der Waals surface area (Å²) in [4.78, 5) is 3.43. The Morgan fingerprint density at radius 1 is 1.09 bits per heavy atom. The lowest BCUT2D eigenvalue weighted by molar-refractivity contribution is 0.00519. The minimum Gasteiger partial charge on any atom is -0.367 e. The Morgan fingerprint density at radius 3 is 2.67 bits per heavy atom. The number of benzene rings is 3. The normalized spacial score (nSPS) is 16.2. The fraction of sp³-hybridized carbons (Fsp3) is 0.250. The number of fused-ring (bicyclic) bond motifs is 2. The third-order valence-electron chi connectivity index (χ3n) is 6.45. The van der Waals surface area contributed by atoms with Crippen LogP contribution in [-0.4, -0.2) is 25.0 Å². The molecule has 0 radical (unpaired) electrons. The smallest absolute Gasteiger partial charge is 0.123 e. The van der Waals surface area contributed by atoms with E-state index in [1.165, 1.54) is 38.4 Å². The summed E-state index contributed by atoms with van der Waals surface area (Å²) in [6.45, 7) is 0.609. The summed E-state index contributed by atoms with van der Waals surface area (Å²) >= 11 is 1.75. The van der Waals surface area contributed by atoms with Gasteiger partial charge in [0.2, 0.25) is 0 Å². The molecule has 4 aromatic rings. The van der Waals surface area contributed by atoms with Crippen molar-refractivity contribution in [2.45, 2.75) is 31.6 Å². The van der Waals surface area contributed by atoms with Crippen LogP contribution in [0.3, 0.4) is 0 Å². The number of hydrogen-bond donors (Lipinski definition) is 0. The summed E-state index contributed by atoms with van der Waals surface area (Å²) < 4.78 is 20.7. The van der Waals surface area contributed by atoms with Gasteiger partial charge in [0, 0.05) is 15.6 Å². The number of thiophene rings is 1. The van der Waals surface area contributed by atoms with Gasteiger partial charge in [-0.1, -0.05) is 24.3 Å². The van der Waals surface area contributed by atoms with Gasteiger partial charge in [-0.05, 0) is 97.0 Å². The summed E-state index contributed by atoms with van der Waals surface area (Å²) in [5.74, 6) is -0.198. The van der Waals surface area contributed by atoms with Crippen LogP contribution in [0.4, 0.5) is 4.39 Å². The molecule has 0 aliphatic carbocycles. The largest absolute Gasteiger partial charge is 0.367 e. The van der Waals surface area contributed by atoms with Crippen molar-refractivity contribution < 1.29 is 9.13 Å². The molecule has 3 nitrogen and oxygen atoms in total. The second-order valence-electron chi connectivity index (χ2n) is 8.82. The highest BCUT2D eigenvalue weighted by Gasteiger charge is 2.32. The molecule has 3 aromatic carbocycles. The number of halogens is 1. The Hall–Kier alpha value is -3.04. The predicted octanol–water partition coefficient (Wildman–Crippen LogP) is 6.71. The number of aryl methyl sites for hydroxylation is 1. The number of nitrogens with zero attached hydrogens (tertiary/aromatic N) is 2. The Morgan fingerprint density at radius 2 is 1.91 bits per heavy atom. The van der Waals surface area contributed by atoms with E-state index in [0.717, 1.165) is 23.8 Å². The topological polar surface area (TPSA) is 36.3 Å². The van der Waals surface area contributed by atoms with Crippen molar-refractivity contribution in [2.24, 2.45) is 0 Å². The van der Waals surface area contributed by atoms with E-state index in [-0.39, 0.29) is 18.0 Å². The van der Waals surface area contributed by atoms with Gasteiger partial charge in [-0.25, -0.2) is 4.39 Å². The molecule has 166 valence electrons. The van der Waals surface area contributed by atoms with Crippen molar-refractivity contribution in [3.05, 3.63) is 94.8 Å². The van der Waals surface area contributed by atoms with Crippen LogP contribution in [0.25, 0.3) is 20.5 Å². The van der Waals surface area contributed by atoms with Crippen molar-refractivity contribution in [1.29, 1.82) is 5.26 Å². The molecule has 0 N–H and O–H groups in total. The van der Waals surface area contributed by atoms with Crippen LogP contribution >= 0.6 is 11.3 Å². The average Bonchev–Trinajstić information content (AvgIpc) is 3.43. The van der Waals surface area contributed by atoms with E-state index < -0.39 is 0 Å². The minimum absolute atomic E-state index is 0.0186. The summed E-state index contributed by atoms with van der Waals surface area (Å²) in [5.41, 5.74) is 5.50. The third-order valence-corrected chi connectivity index (χ3v) is 7.62. The second kappa shape index (κ2) is 9.07. The molecular formula is C28H25FN2OS. The average molecular weight is 457 g/mol. The SMILES string of the molecule is CN(C)C(CCc1ccc(F)cc1)C1OCc2cc(-c3cc4cc(C#N)ccc4s3)ccc21. The van der Waals surface area contributed by atoms with Gasteiger partial charge in [-0.3, -0.25) is 0 Å². The summed E-state index contributed by atoms with van der Waals surface area (Å²) in [6.07, 6.45) is 1.83. The van der Waals surface area contributed by atoms with Gasteiger partial charge in [-0.2, -0.15) is 5.26 Å². The first-order valence-electron chi connectivity index (χ1n) is 11.1. The quantitative estimate of drug-likeness (QED) is 0.323. The van der Waals surface area contributed by atoms with Crippen LogP contribution in [0.1, 0.15) is 34.8 Å². The number of ether oxygens (including phenoxy) is 1. The molecule has 33 heavy (non-hydrogen) atoms. The molecule has 2 unspecified atom stereocenters. The lowest BCUT2D eigenvalue weighted by Gasteiger charge is -2.30. The van der Waals surface area contributed by atoms with Crippen molar-refractivity contribution in [2.75, 3.05) is 14.1 Å². The van der Waals surface area contributed by atoms with Crippen molar-refractivity contribution >= 4 is 21.4 Å². The first-order valence-corrected chi connectivity index (χ1v) is 11.9. The predicted molar refractivity (Wildman–Crippen MR) is 132 cm³/mol. The van der Waals surface area contributed by atoms with Gasteiger partial charge in [0.25, 0.3) is 0 Å². The molecule has 1 aromatic heterocycles. The molecule has 0 fully saturated rings. The molecule has 2 atom stereocenters. The van der Waals surface area contributed by atoms with Gasteiger partial charge < -0.3 is 9.64 Å². The maximum absolute atomic E-state index is 13.2. The van der Waals surface area contributed by atoms with E-state index in [9.17, 15) is 9.65 Å². The lowest BCUT2D eigenvalue weighted by Crippen LogP contribution is -2.34. The lowest BCUT2D eigenvalue weighted by atomic mass is 9.93. The summed E-state index contributed by atoms with van der Waals surface area (Å²) in [7, 11) is 4.19. The fourth-order valence-corrected chi connectivity index (χ4v) is 5.69. The third kappa shape index (κ3) is 4.43. The zero-order valence-electron chi connectivity index (χ0n) is 18.7. The summed E-state index contributed by atoms with van der Waals surface area (Å²) in [5, 5.41) is 10.3. The van der Waals surface area contributed by atoms with E-state index in [0.29, 0.717) is 12.2 Å².